The molecule has 0 spiro atoms. The number of fused-ring (bicyclic) bond motifs is 1. The van der Waals surface area contributed by atoms with Gasteiger partial charge in [0.2, 0.25) is 5.65 Å². The number of nitrogens with one attached hydrogen (secondary N) is 2. The average molecular weight is 390 g/mol. The summed E-state index contributed by atoms with van der Waals surface area (Å²) in [5.41, 5.74) is 3.07. The van der Waals surface area contributed by atoms with Gasteiger partial charge in [0.1, 0.15) is 17.1 Å². The van der Waals surface area contributed by atoms with Crippen molar-refractivity contribution in [2.24, 2.45) is 0 Å². The maximum absolute atomic E-state index is 12.3. The molecule has 148 valence electrons. The lowest BCUT2D eigenvalue weighted by molar-refractivity contribution is 0.0995. The Balaban J connectivity index is 1.48. The van der Waals surface area contributed by atoms with Crippen molar-refractivity contribution in [2.75, 3.05) is 10.6 Å². The van der Waals surface area contributed by atoms with E-state index in [1.54, 1.807) is 25.3 Å². The predicted molar refractivity (Wildman–Crippen MR) is 111 cm³/mol. The highest BCUT2D eigenvalue weighted by molar-refractivity contribution is 6.02. The molecule has 0 saturated carbocycles. The number of aryl methyl sites for hydroxylation is 2. The average Bonchev–Trinajstić information content (AvgIpc) is 3.33. The molecule has 1 aromatic carbocycles. The number of rotatable bonds is 6. The number of hydrogen-bond acceptors (Lipinski definition) is 6. The molecule has 29 heavy (non-hydrogen) atoms. The SMILES string of the molecule is CCn1cc2ncc(N[C@@H](C)c3cccc(NC(=O)c4ccc(C)o4)c3)nc2n1. The van der Waals surface area contributed by atoms with Crippen LogP contribution in [0.4, 0.5) is 11.5 Å². The van der Waals surface area contributed by atoms with Crippen LogP contribution in [0, 0.1) is 6.92 Å². The van der Waals surface area contributed by atoms with Gasteiger partial charge in [0.25, 0.3) is 5.91 Å². The van der Waals surface area contributed by atoms with Crippen molar-refractivity contribution in [3.63, 3.8) is 0 Å². The molecule has 8 nitrogen and oxygen atoms in total. The molecule has 0 fully saturated rings. The lowest BCUT2D eigenvalue weighted by atomic mass is 10.1. The Morgan fingerprint density at radius 2 is 2.14 bits per heavy atom. The molecule has 4 rings (SSSR count). The zero-order chi connectivity index (χ0) is 20.4. The van der Waals surface area contributed by atoms with Crippen LogP contribution >= 0.6 is 0 Å². The number of benzene rings is 1. The molecule has 3 aromatic heterocycles. The number of amides is 1. The second-order valence-electron chi connectivity index (χ2n) is 6.80. The van der Waals surface area contributed by atoms with E-state index >= 15 is 0 Å². The minimum atomic E-state index is -0.279. The minimum absolute atomic E-state index is 0.0438. The molecule has 1 atom stereocenters. The standard InChI is InChI=1S/C21H22N6O2/c1-4-27-12-17-20(26-27)25-19(11-22-17)23-14(3)15-6-5-7-16(10-15)24-21(28)18-9-8-13(2)29-18/h5-12,14H,4H2,1-3H3,(H,24,28)(H,23,25,26)/t14-/m0/s1. The van der Waals surface area contributed by atoms with Gasteiger partial charge in [-0.05, 0) is 50.6 Å². The van der Waals surface area contributed by atoms with E-state index in [2.05, 4.69) is 25.7 Å². The zero-order valence-corrected chi connectivity index (χ0v) is 16.5. The molecular weight excluding hydrogens is 368 g/mol. The molecule has 0 aliphatic heterocycles. The van der Waals surface area contributed by atoms with Gasteiger partial charge in [0, 0.05) is 12.2 Å². The van der Waals surface area contributed by atoms with E-state index in [9.17, 15) is 4.79 Å². The van der Waals surface area contributed by atoms with Crippen molar-refractivity contribution >= 4 is 28.6 Å². The van der Waals surface area contributed by atoms with Crippen molar-refractivity contribution in [2.45, 2.75) is 33.4 Å². The number of furan rings is 1. The van der Waals surface area contributed by atoms with E-state index in [1.165, 1.54) is 0 Å². The van der Waals surface area contributed by atoms with Crippen LogP contribution in [0.5, 0.6) is 0 Å². The quantitative estimate of drug-likeness (QED) is 0.513. The van der Waals surface area contributed by atoms with Crippen LogP contribution < -0.4 is 10.6 Å². The van der Waals surface area contributed by atoms with Crippen LogP contribution in [0.3, 0.4) is 0 Å². The summed E-state index contributed by atoms with van der Waals surface area (Å²) in [5.74, 6) is 1.35. The van der Waals surface area contributed by atoms with Gasteiger partial charge in [-0.3, -0.25) is 9.48 Å². The first-order valence-electron chi connectivity index (χ1n) is 9.46. The maximum Gasteiger partial charge on any atom is 0.291 e. The lowest BCUT2D eigenvalue weighted by Crippen LogP contribution is -2.12. The monoisotopic (exact) mass is 390 g/mol. The Morgan fingerprint density at radius 1 is 1.28 bits per heavy atom. The second-order valence-corrected chi connectivity index (χ2v) is 6.80. The Hall–Kier alpha value is -3.68. The van der Waals surface area contributed by atoms with Crippen LogP contribution in [0.15, 0.2) is 53.2 Å². The maximum atomic E-state index is 12.3. The minimum Gasteiger partial charge on any atom is -0.456 e. The Bertz CT molecular complexity index is 1160. The Labute approximate surface area is 168 Å². The lowest BCUT2D eigenvalue weighted by Gasteiger charge is -2.15. The van der Waals surface area contributed by atoms with Crippen molar-refractivity contribution < 1.29 is 9.21 Å². The highest BCUT2D eigenvalue weighted by Gasteiger charge is 2.13. The molecular formula is C21H22N6O2. The third-order valence-corrected chi connectivity index (χ3v) is 4.57. The summed E-state index contributed by atoms with van der Waals surface area (Å²) in [5, 5.41) is 10.6. The molecule has 1 amide bonds. The largest absolute Gasteiger partial charge is 0.456 e. The van der Waals surface area contributed by atoms with Gasteiger partial charge in [0.15, 0.2) is 5.76 Å². The van der Waals surface area contributed by atoms with Crippen molar-refractivity contribution in [1.82, 2.24) is 19.7 Å². The summed E-state index contributed by atoms with van der Waals surface area (Å²) in [6.07, 6.45) is 3.58. The fraction of sp³-hybridized carbons (Fsp3) is 0.238. The van der Waals surface area contributed by atoms with E-state index in [0.29, 0.717) is 22.9 Å². The van der Waals surface area contributed by atoms with Gasteiger partial charge >= 0.3 is 0 Å². The summed E-state index contributed by atoms with van der Waals surface area (Å²) in [6.45, 7) is 6.62. The number of nitrogens with zero attached hydrogens (tertiary/aromatic N) is 4. The van der Waals surface area contributed by atoms with E-state index in [4.69, 9.17) is 4.42 Å². The van der Waals surface area contributed by atoms with Gasteiger partial charge in [-0.25, -0.2) is 9.97 Å². The molecule has 8 heteroatoms. The van der Waals surface area contributed by atoms with Gasteiger partial charge in [-0.2, -0.15) is 5.10 Å². The molecule has 0 radical (unpaired) electrons. The molecule has 0 saturated heterocycles. The number of aromatic nitrogens is 4. The van der Waals surface area contributed by atoms with Gasteiger partial charge in [-0.15, -0.1) is 0 Å². The van der Waals surface area contributed by atoms with Crippen LogP contribution in [0.25, 0.3) is 11.2 Å². The number of anilines is 2. The highest BCUT2D eigenvalue weighted by Crippen LogP contribution is 2.22. The van der Waals surface area contributed by atoms with Crippen molar-refractivity contribution in [3.05, 3.63) is 65.9 Å². The van der Waals surface area contributed by atoms with Gasteiger partial charge in [0.05, 0.1) is 18.4 Å². The smallest absolute Gasteiger partial charge is 0.291 e. The van der Waals surface area contributed by atoms with Crippen molar-refractivity contribution in [3.8, 4) is 0 Å². The van der Waals surface area contributed by atoms with Crippen LogP contribution in [-0.4, -0.2) is 25.7 Å². The summed E-state index contributed by atoms with van der Waals surface area (Å²) in [7, 11) is 0. The zero-order valence-electron chi connectivity index (χ0n) is 16.5. The van der Waals surface area contributed by atoms with Crippen LogP contribution in [-0.2, 0) is 6.54 Å². The van der Waals surface area contributed by atoms with E-state index in [-0.39, 0.29) is 17.7 Å². The van der Waals surface area contributed by atoms with E-state index in [0.717, 1.165) is 17.6 Å². The predicted octanol–water partition coefficient (Wildman–Crippen LogP) is 4.17. The first-order chi connectivity index (χ1) is 14.0. The first kappa shape index (κ1) is 18.7. The third kappa shape index (κ3) is 4.11. The molecule has 0 aliphatic carbocycles. The summed E-state index contributed by atoms with van der Waals surface area (Å²) < 4.78 is 7.18. The molecule has 0 unspecified atom stereocenters. The fourth-order valence-electron chi connectivity index (χ4n) is 3.02. The van der Waals surface area contributed by atoms with Crippen LogP contribution in [0.2, 0.25) is 0 Å². The number of carbonyl (C=O) groups excluding carboxylic acids is 1. The summed E-state index contributed by atoms with van der Waals surface area (Å²) in [6, 6.07) is 11.0. The Kier molecular flexibility index (Phi) is 4.99. The van der Waals surface area contributed by atoms with E-state index in [1.807, 2.05) is 49.0 Å². The molecule has 0 bridgehead atoms. The highest BCUT2D eigenvalue weighted by atomic mass is 16.3. The van der Waals surface area contributed by atoms with E-state index < -0.39 is 0 Å². The first-order valence-corrected chi connectivity index (χ1v) is 9.46. The van der Waals surface area contributed by atoms with Gasteiger partial charge < -0.3 is 15.1 Å². The Morgan fingerprint density at radius 3 is 2.90 bits per heavy atom. The van der Waals surface area contributed by atoms with Crippen LogP contribution in [0.1, 0.15) is 41.8 Å². The number of hydrogen-bond donors (Lipinski definition) is 2. The topological polar surface area (TPSA) is 97.9 Å². The van der Waals surface area contributed by atoms with Gasteiger partial charge in [-0.1, -0.05) is 12.1 Å². The molecule has 0 aliphatic rings. The molecule has 4 aromatic rings. The summed E-state index contributed by atoms with van der Waals surface area (Å²) >= 11 is 0. The molecule has 2 N–H and O–H groups in total. The summed E-state index contributed by atoms with van der Waals surface area (Å²) in [4.78, 5) is 21.3. The molecule has 3 heterocycles. The number of carbonyl (C=O) groups is 1. The normalized spacial score (nSPS) is 12.1. The third-order valence-electron chi connectivity index (χ3n) is 4.57. The fourth-order valence-corrected chi connectivity index (χ4v) is 3.02. The van der Waals surface area contributed by atoms with Crippen molar-refractivity contribution in [1.29, 1.82) is 0 Å². The second kappa shape index (κ2) is 7.75.